The molecule has 1 aliphatic heterocycles. The van der Waals surface area contributed by atoms with E-state index in [0.717, 1.165) is 18.4 Å². The Morgan fingerprint density at radius 2 is 1.77 bits per heavy atom. The quantitative estimate of drug-likeness (QED) is 0.861. The fraction of sp³-hybridized carbons (Fsp3) is 0.273. The van der Waals surface area contributed by atoms with Crippen molar-refractivity contribution in [1.29, 1.82) is 0 Å². The molecule has 1 aliphatic rings. The Kier molecular flexibility index (Phi) is 5.84. The summed E-state index contributed by atoms with van der Waals surface area (Å²) in [6, 6.07) is 17.4. The molecule has 0 bridgehead atoms. The first kappa shape index (κ1) is 17.9. The van der Waals surface area contributed by atoms with E-state index < -0.39 is 0 Å². The van der Waals surface area contributed by atoms with Crippen molar-refractivity contribution in [3.63, 3.8) is 0 Å². The first-order valence-electron chi connectivity index (χ1n) is 9.01. The van der Waals surface area contributed by atoms with Crippen LogP contribution in [-0.4, -0.2) is 35.8 Å². The van der Waals surface area contributed by atoms with Crippen LogP contribution >= 0.6 is 0 Å². The van der Waals surface area contributed by atoms with Crippen molar-refractivity contribution in [3.05, 3.63) is 77.4 Å². The van der Waals surface area contributed by atoms with Crippen molar-refractivity contribution in [1.82, 2.24) is 10.2 Å². The summed E-state index contributed by atoms with van der Waals surface area (Å²) in [4.78, 5) is 26.4. The molecule has 1 N–H and O–H groups in total. The molecule has 134 valence electrons. The predicted molar refractivity (Wildman–Crippen MR) is 104 cm³/mol. The van der Waals surface area contributed by atoms with Gasteiger partial charge in [0.2, 0.25) is 5.91 Å². The number of rotatable bonds is 4. The van der Waals surface area contributed by atoms with Crippen LogP contribution in [0.4, 0.5) is 0 Å². The molecule has 1 heterocycles. The highest BCUT2D eigenvalue weighted by Gasteiger charge is 2.23. The maximum absolute atomic E-state index is 12.4. The third-order valence-electron chi connectivity index (χ3n) is 4.64. The lowest BCUT2D eigenvalue weighted by Crippen LogP contribution is -2.46. The molecule has 4 nitrogen and oxygen atoms in total. The Morgan fingerprint density at radius 3 is 2.46 bits per heavy atom. The van der Waals surface area contributed by atoms with E-state index in [1.807, 2.05) is 66.4 Å². The van der Waals surface area contributed by atoms with Gasteiger partial charge in [0.15, 0.2) is 0 Å². The van der Waals surface area contributed by atoms with E-state index in [1.165, 1.54) is 5.56 Å². The second-order valence-corrected chi connectivity index (χ2v) is 6.69. The highest BCUT2D eigenvalue weighted by atomic mass is 16.2. The van der Waals surface area contributed by atoms with Gasteiger partial charge in [-0.25, -0.2) is 0 Å². The second kappa shape index (κ2) is 8.48. The number of hydrogen-bond acceptors (Lipinski definition) is 2. The van der Waals surface area contributed by atoms with E-state index in [0.29, 0.717) is 18.7 Å². The summed E-state index contributed by atoms with van der Waals surface area (Å²) in [5, 5.41) is 3.06. The standard InChI is InChI=1S/C22H24N2O2/c1-17-6-5-7-18(16-17)10-11-21(25)24-14-12-20(13-15-24)23-22(26)19-8-3-2-4-9-19/h2-11,16,20H,12-15H2,1H3,(H,23,26). The smallest absolute Gasteiger partial charge is 0.251 e. The highest BCUT2D eigenvalue weighted by Crippen LogP contribution is 2.13. The van der Waals surface area contributed by atoms with Crippen LogP contribution in [0.15, 0.2) is 60.7 Å². The van der Waals surface area contributed by atoms with Crippen molar-refractivity contribution < 1.29 is 9.59 Å². The molecular formula is C22H24N2O2. The van der Waals surface area contributed by atoms with Gasteiger partial charge in [-0.1, -0.05) is 48.0 Å². The average Bonchev–Trinajstić information content (AvgIpc) is 2.67. The largest absolute Gasteiger partial charge is 0.349 e. The fourth-order valence-electron chi connectivity index (χ4n) is 3.15. The maximum atomic E-state index is 12.4. The van der Waals surface area contributed by atoms with Crippen LogP contribution in [0.5, 0.6) is 0 Å². The molecule has 0 aromatic heterocycles. The molecule has 2 amide bonds. The lowest BCUT2D eigenvalue weighted by molar-refractivity contribution is -0.126. The third kappa shape index (κ3) is 4.82. The summed E-state index contributed by atoms with van der Waals surface area (Å²) < 4.78 is 0. The van der Waals surface area contributed by atoms with Crippen LogP contribution < -0.4 is 5.32 Å². The zero-order valence-electron chi connectivity index (χ0n) is 15.0. The van der Waals surface area contributed by atoms with Crippen molar-refractivity contribution >= 4 is 17.9 Å². The van der Waals surface area contributed by atoms with Gasteiger partial charge in [-0.3, -0.25) is 9.59 Å². The number of amides is 2. The SMILES string of the molecule is Cc1cccc(C=CC(=O)N2CCC(NC(=O)c3ccccc3)CC2)c1. The third-order valence-corrected chi connectivity index (χ3v) is 4.64. The van der Waals surface area contributed by atoms with Crippen molar-refractivity contribution in [2.45, 2.75) is 25.8 Å². The lowest BCUT2D eigenvalue weighted by Gasteiger charge is -2.31. The number of likely N-dealkylation sites (tertiary alicyclic amines) is 1. The first-order chi connectivity index (χ1) is 12.6. The minimum Gasteiger partial charge on any atom is -0.349 e. The molecule has 0 radical (unpaired) electrons. The minimum absolute atomic E-state index is 0.0272. The van der Waals surface area contributed by atoms with Crippen molar-refractivity contribution in [2.24, 2.45) is 0 Å². The van der Waals surface area contributed by atoms with Gasteiger partial charge in [0.25, 0.3) is 5.91 Å². The number of nitrogens with one attached hydrogen (secondary N) is 1. The summed E-state index contributed by atoms with van der Waals surface area (Å²) in [6.07, 6.45) is 5.06. The maximum Gasteiger partial charge on any atom is 0.251 e. The topological polar surface area (TPSA) is 49.4 Å². The average molecular weight is 348 g/mol. The molecule has 0 unspecified atom stereocenters. The monoisotopic (exact) mass is 348 g/mol. The van der Waals surface area contributed by atoms with Gasteiger partial charge in [0, 0.05) is 30.8 Å². The molecule has 4 heteroatoms. The number of nitrogens with zero attached hydrogens (tertiary/aromatic N) is 1. The van der Waals surface area contributed by atoms with E-state index in [2.05, 4.69) is 11.4 Å². The molecule has 1 fully saturated rings. The van der Waals surface area contributed by atoms with E-state index in [-0.39, 0.29) is 17.9 Å². The van der Waals surface area contributed by atoms with Crippen LogP contribution in [-0.2, 0) is 4.79 Å². The summed E-state index contributed by atoms with van der Waals surface area (Å²) in [5.41, 5.74) is 2.88. The molecule has 2 aromatic carbocycles. The van der Waals surface area contributed by atoms with Crippen LogP contribution in [0, 0.1) is 6.92 Å². The minimum atomic E-state index is -0.0466. The van der Waals surface area contributed by atoms with Gasteiger partial charge >= 0.3 is 0 Å². The molecule has 26 heavy (non-hydrogen) atoms. The number of aryl methyl sites for hydroxylation is 1. The molecule has 0 atom stereocenters. The van der Waals surface area contributed by atoms with Gasteiger partial charge < -0.3 is 10.2 Å². The number of carbonyl (C=O) groups is 2. The van der Waals surface area contributed by atoms with E-state index in [4.69, 9.17) is 0 Å². The molecule has 1 saturated heterocycles. The van der Waals surface area contributed by atoms with Crippen LogP contribution in [0.3, 0.4) is 0 Å². The van der Waals surface area contributed by atoms with Gasteiger partial charge in [-0.15, -0.1) is 0 Å². The Labute approximate surface area is 154 Å². The Balaban J connectivity index is 1.48. The zero-order valence-corrected chi connectivity index (χ0v) is 15.0. The number of hydrogen-bond donors (Lipinski definition) is 1. The molecule has 0 saturated carbocycles. The summed E-state index contributed by atoms with van der Waals surface area (Å²) >= 11 is 0. The van der Waals surface area contributed by atoms with Crippen molar-refractivity contribution in [3.8, 4) is 0 Å². The highest BCUT2D eigenvalue weighted by molar-refractivity contribution is 5.94. The van der Waals surface area contributed by atoms with Gasteiger partial charge in [-0.2, -0.15) is 0 Å². The lowest BCUT2D eigenvalue weighted by atomic mass is 10.0. The first-order valence-corrected chi connectivity index (χ1v) is 9.01. The van der Waals surface area contributed by atoms with Gasteiger partial charge in [-0.05, 0) is 43.5 Å². The zero-order chi connectivity index (χ0) is 18.4. The normalized spacial score (nSPS) is 15.2. The number of piperidine rings is 1. The van der Waals surface area contributed by atoms with E-state index >= 15 is 0 Å². The Hall–Kier alpha value is -2.88. The number of carbonyl (C=O) groups excluding carboxylic acids is 2. The molecule has 3 rings (SSSR count). The fourth-order valence-corrected chi connectivity index (χ4v) is 3.15. The van der Waals surface area contributed by atoms with Crippen LogP contribution in [0.2, 0.25) is 0 Å². The van der Waals surface area contributed by atoms with E-state index in [9.17, 15) is 9.59 Å². The number of benzene rings is 2. The second-order valence-electron chi connectivity index (χ2n) is 6.69. The van der Waals surface area contributed by atoms with Gasteiger partial charge in [0.05, 0.1) is 0 Å². The molecular weight excluding hydrogens is 324 g/mol. The summed E-state index contributed by atoms with van der Waals surface area (Å²) in [6.45, 7) is 3.36. The Bertz CT molecular complexity index is 791. The Morgan fingerprint density at radius 1 is 1.04 bits per heavy atom. The summed E-state index contributed by atoms with van der Waals surface area (Å²) in [7, 11) is 0. The van der Waals surface area contributed by atoms with Crippen LogP contribution in [0.1, 0.15) is 34.3 Å². The molecule has 0 aliphatic carbocycles. The van der Waals surface area contributed by atoms with Crippen molar-refractivity contribution in [2.75, 3.05) is 13.1 Å². The predicted octanol–water partition coefficient (Wildman–Crippen LogP) is 3.43. The van der Waals surface area contributed by atoms with E-state index in [1.54, 1.807) is 6.08 Å². The molecule has 0 spiro atoms. The summed E-state index contributed by atoms with van der Waals surface area (Å²) in [5.74, 6) is -0.0194. The molecule has 2 aromatic rings. The van der Waals surface area contributed by atoms with Gasteiger partial charge in [0.1, 0.15) is 0 Å². The van der Waals surface area contributed by atoms with Crippen LogP contribution in [0.25, 0.3) is 6.08 Å².